The van der Waals surface area contributed by atoms with E-state index in [9.17, 15) is 13.2 Å². The number of aromatic nitrogens is 4. The van der Waals surface area contributed by atoms with E-state index in [1.165, 1.54) is 12.4 Å². The van der Waals surface area contributed by atoms with Crippen LogP contribution in [-0.2, 0) is 54.5 Å². The van der Waals surface area contributed by atoms with Crippen molar-refractivity contribution in [1.82, 2.24) is 19.5 Å². The first kappa shape index (κ1) is 49.1. The predicted molar refractivity (Wildman–Crippen MR) is 278 cm³/mol. The van der Waals surface area contributed by atoms with E-state index < -0.39 is 39.5 Å². The first-order chi connectivity index (χ1) is 35.1. The Morgan fingerprint density at radius 2 is 1.12 bits per heavy atom. The topological polar surface area (TPSA) is 156 Å². The van der Waals surface area contributed by atoms with Crippen molar-refractivity contribution >= 4 is 27.2 Å². The highest BCUT2D eigenvalue weighted by atomic mass is 32.2. The van der Waals surface area contributed by atoms with Gasteiger partial charge in [-0.25, -0.2) is 4.98 Å². The van der Waals surface area contributed by atoms with Crippen molar-refractivity contribution < 1.29 is 31.5 Å². The maximum Gasteiger partial charge on any atom is 0.297 e. The molecule has 2 aromatic heterocycles. The highest BCUT2D eigenvalue weighted by molar-refractivity contribution is 7.86. The Balaban J connectivity index is 1.08. The van der Waals surface area contributed by atoms with Crippen LogP contribution in [0.15, 0.2) is 210 Å². The Kier molecular flexibility index (Phi) is 15.0. The summed E-state index contributed by atoms with van der Waals surface area (Å²) in [6, 6.07) is 62.1. The molecule has 0 radical (unpaired) electrons. The van der Waals surface area contributed by atoms with E-state index in [0.29, 0.717) is 18.4 Å². The molecule has 1 atom stereocenters. The molecule has 0 aliphatic rings. The van der Waals surface area contributed by atoms with Crippen molar-refractivity contribution in [2.45, 2.75) is 48.6 Å². The number of ether oxygens (including phenoxy) is 4. The number of methoxy groups -OCH3 is 2. The summed E-state index contributed by atoms with van der Waals surface area (Å²) in [4.78, 5) is 26.5. The molecule has 0 aliphatic heterocycles. The van der Waals surface area contributed by atoms with Crippen LogP contribution in [0.5, 0.6) is 11.5 Å². The van der Waals surface area contributed by atoms with Crippen LogP contribution in [0.2, 0.25) is 0 Å². The summed E-state index contributed by atoms with van der Waals surface area (Å²) in [5, 5.41) is 3.67. The molecule has 9 aromatic rings. The number of aromatic amines is 1. The smallest absolute Gasteiger partial charge is 0.297 e. The first-order valence-corrected chi connectivity index (χ1v) is 24.9. The molecular weight excluding hydrogens is 927 g/mol. The maximum atomic E-state index is 14.0. The minimum atomic E-state index is -4.25. The van der Waals surface area contributed by atoms with Gasteiger partial charge in [0.1, 0.15) is 29.9 Å². The van der Waals surface area contributed by atoms with Gasteiger partial charge in [-0.3, -0.25) is 18.5 Å². The average molecular weight is 982 g/mol. The standard InChI is InChI=1S/C58H55N5O8S/c1-42-18-16-17-27-52(42)72(65,66)71-39-51(38-70-58(47-23-12-6-13-24-47,48-25-14-7-15-26-48)37-44-30-34-50(68-3)35-31-44)69-41-63-40-59-53-54(63)60-56(61-55(53)64)62-57(45-19-8-4-9-20-45,46-21-10-5-11-22-46)36-43-28-32-49(67-2)33-29-43/h4-35,40,51H,36-39,41H2,1-3H3,(H2,60,61,62,64). The number of nitrogens with one attached hydrogen (secondary N) is 2. The van der Waals surface area contributed by atoms with Crippen molar-refractivity contribution in [1.29, 1.82) is 0 Å². The maximum absolute atomic E-state index is 14.0. The molecule has 0 amide bonds. The van der Waals surface area contributed by atoms with Crippen LogP contribution in [-0.4, -0.2) is 61.5 Å². The fourth-order valence-corrected chi connectivity index (χ4v) is 10.2. The third-order valence-corrected chi connectivity index (χ3v) is 14.2. The molecule has 0 saturated carbocycles. The number of aryl methyl sites for hydroxylation is 1. The summed E-state index contributed by atoms with van der Waals surface area (Å²) in [6.07, 6.45) is 1.35. The van der Waals surface area contributed by atoms with Gasteiger partial charge in [-0.15, -0.1) is 0 Å². The van der Waals surface area contributed by atoms with Gasteiger partial charge in [0.25, 0.3) is 15.7 Å². The average Bonchev–Trinajstić information content (AvgIpc) is 3.84. The Bertz CT molecular complexity index is 3280. The Labute approximate surface area is 419 Å². The molecule has 0 fully saturated rings. The molecule has 1 unspecified atom stereocenters. The van der Waals surface area contributed by atoms with Gasteiger partial charge in [-0.1, -0.05) is 164 Å². The SMILES string of the molecule is COc1ccc(CC(Nc2nc3c(ncn3COC(COC(Cc3ccc(OC)cc3)(c3ccccc3)c3ccccc3)COS(=O)(=O)c3ccccc3C)c(=O)[nH]2)(c2ccccc2)c2ccccc2)cc1. The minimum absolute atomic E-state index is 0.0465. The van der Waals surface area contributed by atoms with E-state index in [1.54, 1.807) is 43.9 Å². The van der Waals surface area contributed by atoms with Crippen LogP contribution in [0, 0.1) is 6.92 Å². The predicted octanol–water partition coefficient (Wildman–Crippen LogP) is 9.99. The molecule has 9 rings (SSSR count). The number of hydrogen-bond donors (Lipinski definition) is 2. The first-order valence-electron chi connectivity index (χ1n) is 23.5. The lowest BCUT2D eigenvalue weighted by Crippen LogP contribution is -2.40. The van der Waals surface area contributed by atoms with Crippen molar-refractivity contribution in [3.8, 4) is 11.5 Å². The number of benzene rings is 7. The Morgan fingerprint density at radius 1 is 0.625 bits per heavy atom. The summed E-state index contributed by atoms with van der Waals surface area (Å²) in [5.74, 6) is 1.64. The van der Waals surface area contributed by atoms with Crippen molar-refractivity contribution in [2.24, 2.45) is 0 Å². The van der Waals surface area contributed by atoms with Gasteiger partial charge in [-0.2, -0.15) is 13.4 Å². The number of imidazole rings is 1. The van der Waals surface area contributed by atoms with Crippen LogP contribution in [0.4, 0.5) is 5.95 Å². The zero-order valence-corrected chi connectivity index (χ0v) is 41.0. The number of hydrogen-bond acceptors (Lipinski definition) is 11. The van der Waals surface area contributed by atoms with Crippen LogP contribution >= 0.6 is 0 Å². The van der Waals surface area contributed by atoms with Crippen LogP contribution in [0.25, 0.3) is 11.2 Å². The molecule has 0 bridgehead atoms. The van der Waals surface area contributed by atoms with Gasteiger partial charge < -0.3 is 24.3 Å². The fraction of sp³-hybridized carbons (Fsp3) is 0.190. The summed E-state index contributed by atoms with van der Waals surface area (Å²) in [7, 11) is -0.984. The largest absolute Gasteiger partial charge is 0.497 e. The van der Waals surface area contributed by atoms with Crippen LogP contribution in [0.3, 0.4) is 0 Å². The second-order valence-corrected chi connectivity index (χ2v) is 19.0. The molecule has 7 aromatic carbocycles. The molecule has 13 nitrogen and oxygen atoms in total. The van der Waals surface area contributed by atoms with Crippen LogP contribution in [0.1, 0.15) is 38.9 Å². The lowest BCUT2D eigenvalue weighted by atomic mass is 9.78. The molecular formula is C58H55N5O8S. The lowest BCUT2D eigenvalue weighted by Gasteiger charge is -2.37. The Hall–Kier alpha value is -7.88. The number of nitrogens with zero attached hydrogens (tertiary/aromatic N) is 3. The number of rotatable bonds is 22. The highest BCUT2D eigenvalue weighted by Gasteiger charge is 2.38. The van der Waals surface area contributed by atoms with Gasteiger partial charge in [0.15, 0.2) is 11.2 Å². The minimum Gasteiger partial charge on any atom is -0.497 e. The second-order valence-electron chi connectivity index (χ2n) is 17.4. The summed E-state index contributed by atoms with van der Waals surface area (Å²) in [5.41, 5.74) is 3.96. The zero-order valence-electron chi connectivity index (χ0n) is 40.2. The van der Waals surface area contributed by atoms with Crippen molar-refractivity contribution in [3.05, 3.63) is 250 Å². The van der Waals surface area contributed by atoms with Crippen molar-refractivity contribution in [2.75, 3.05) is 32.8 Å². The van der Waals surface area contributed by atoms with Crippen LogP contribution < -0.4 is 20.3 Å². The van der Waals surface area contributed by atoms with E-state index in [2.05, 4.69) is 15.3 Å². The summed E-state index contributed by atoms with van der Waals surface area (Å²) in [6.45, 7) is 0.975. The molecule has 366 valence electrons. The second kappa shape index (κ2) is 22.0. The Morgan fingerprint density at radius 3 is 1.65 bits per heavy atom. The van der Waals surface area contributed by atoms with Gasteiger partial charge in [0, 0.05) is 12.8 Å². The van der Waals surface area contributed by atoms with E-state index in [1.807, 2.05) is 170 Å². The number of fused-ring (bicyclic) bond motifs is 1. The highest BCUT2D eigenvalue weighted by Crippen LogP contribution is 2.39. The number of H-pyrrole nitrogens is 1. The molecule has 72 heavy (non-hydrogen) atoms. The third-order valence-electron chi connectivity index (χ3n) is 12.8. The fourth-order valence-electron chi connectivity index (χ4n) is 9.03. The number of anilines is 1. The van der Waals surface area contributed by atoms with Gasteiger partial charge in [0.2, 0.25) is 5.95 Å². The van der Waals surface area contributed by atoms with Gasteiger partial charge in [-0.05, 0) is 76.2 Å². The normalized spacial score (nSPS) is 12.4. The van der Waals surface area contributed by atoms with Gasteiger partial charge >= 0.3 is 0 Å². The molecule has 0 saturated heterocycles. The third kappa shape index (κ3) is 10.9. The van der Waals surface area contributed by atoms with E-state index in [4.69, 9.17) is 28.1 Å². The summed E-state index contributed by atoms with van der Waals surface area (Å²) < 4.78 is 59.8. The molecule has 0 aliphatic carbocycles. The molecule has 2 heterocycles. The molecule has 14 heteroatoms. The monoisotopic (exact) mass is 981 g/mol. The quantitative estimate of drug-likeness (QED) is 0.0624. The lowest BCUT2D eigenvalue weighted by molar-refractivity contribution is -0.105. The molecule has 0 spiro atoms. The van der Waals surface area contributed by atoms with E-state index in [0.717, 1.165) is 44.9 Å². The molecule has 2 N–H and O–H groups in total. The summed E-state index contributed by atoms with van der Waals surface area (Å²) >= 11 is 0. The zero-order chi connectivity index (χ0) is 50.0. The van der Waals surface area contributed by atoms with E-state index in [-0.39, 0.29) is 35.3 Å². The van der Waals surface area contributed by atoms with Crippen molar-refractivity contribution in [3.63, 3.8) is 0 Å². The van der Waals surface area contributed by atoms with Gasteiger partial charge in [0.05, 0.1) is 44.2 Å². The van der Waals surface area contributed by atoms with E-state index >= 15 is 0 Å².